The van der Waals surface area contributed by atoms with Crippen LogP contribution in [0.15, 0.2) is 47.4 Å². The number of hydrogen-bond acceptors (Lipinski definition) is 6. The van der Waals surface area contributed by atoms with E-state index in [1.54, 1.807) is 0 Å². The van der Waals surface area contributed by atoms with Crippen molar-refractivity contribution in [2.24, 2.45) is 0 Å². The van der Waals surface area contributed by atoms with E-state index in [0.717, 1.165) is 18.4 Å². The quantitative estimate of drug-likeness (QED) is 0.627. The van der Waals surface area contributed by atoms with Crippen molar-refractivity contribution in [3.8, 4) is 0 Å². The van der Waals surface area contributed by atoms with E-state index in [4.69, 9.17) is 4.74 Å². The van der Waals surface area contributed by atoms with Gasteiger partial charge in [0, 0.05) is 10.1 Å². The number of fused-ring (bicyclic) bond motifs is 1. The molecule has 28 heavy (non-hydrogen) atoms. The number of aryl methyl sites for hydroxylation is 1. The molecule has 6 unspecified atom stereocenters. The van der Waals surface area contributed by atoms with Crippen molar-refractivity contribution < 1.29 is 25.2 Å². The van der Waals surface area contributed by atoms with Crippen LogP contribution in [0.5, 0.6) is 0 Å². The fraction of sp³-hybridized carbons (Fsp3) is 0.455. The predicted molar refractivity (Wildman–Crippen MR) is 107 cm³/mol. The first-order valence-electron chi connectivity index (χ1n) is 9.70. The van der Waals surface area contributed by atoms with Gasteiger partial charge in [-0.2, -0.15) is 0 Å². The second-order valence-corrected chi connectivity index (χ2v) is 8.77. The van der Waals surface area contributed by atoms with Gasteiger partial charge in [0.2, 0.25) is 0 Å². The number of ether oxygens (including phenoxy) is 1. The lowest BCUT2D eigenvalue weighted by Gasteiger charge is -2.40. The standard InChI is InChI=1S/C22H26O5S/c1-2-12-3-5-13(6-4-12)18-10-15-9-14(7-8-17(15)28-18)22-21(26)20(25)19(24)16(11-23)27-22/h3-9,16,18-26H,2,10-11H2,1H3. The van der Waals surface area contributed by atoms with Crippen LogP contribution in [-0.4, -0.2) is 51.4 Å². The highest BCUT2D eigenvalue weighted by atomic mass is 32.2. The molecule has 6 heteroatoms. The van der Waals surface area contributed by atoms with Crippen molar-refractivity contribution in [3.63, 3.8) is 0 Å². The summed E-state index contributed by atoms with van der Waals surface area (Å²) in [6, 6.07) is 14.7. The Morgan fingerprint density at radius 3 is 2.36 bits per heavy atom. The summed E-state index contributed by atoms with van der Waals surface area (Å²) in [5.41, 5.74) is 4.56. The van der Waals surface area contributed by atoms with Crippen LogP contribution in [-0.2, 0) is 17.6 Å². The normalized spacial score (nSPS) is 32.3. The minimum absolute atomic E-state index is 0.353. The zero-order valence-corrected chi connectivity index (χ0v) is 16.5. The molecule has 4 rings (SSSR count). The van der Waals surface area contributed by atoms with Gasteiger partial charge in [-0.15, -0.1) is 11.8 Å². The van der Waals surface area contributed by atoms with Gasteiger partial charge >= 0.3 is 0 Å². The van der Waals surface area contributed by atoms with Gasteiger partial charge in [-0.1, -0.05) is 43.3 Å². The summed E-state index contributed by atoms with van der Waals surface area (Å²) in [6.07, 6.45) is -3.70. The number of aliphatic hydroxyl groups is 4. The third kappa shape index (κ3) is 3.61. The SMILES string of the molecule is CCc1ccc(C2Cc3cc(C4OC(CO)C(O)C(O)C4O)ccc3S2)cc1. The first-order valence-corrected chi connectivity index (χ1v) is 10.6. The Balaban J connectivity index is 1.54. The van der Waals surface area contributed by atoms with Crippen LogP contribution in [0.2, 0.25) is 0 Å². The molecule has 4 N–H and O–H groups in total. The van der Waals surface area contributed by atoms with E-state index in [1.807, 2.05) is 30.0 Å². The third-order valence-electron chi connectivity index (χ3n) is 5.74. The first kappa shape index (κ1) is 19.9. The molecule has 2 aromatic rings. The molecular formula is C22H26O5S. The number of aliphatic hydroxyl groups excluding tert-OH is 4. The Labute approximate surface area is 169 Å². The Hall–Kier alpha value is -1.41. The third-order valence-corrected chi connectivity index (χ3v) is 7.12. The Morgan fingerprint density at radius 2 is 1.68 bits per heavy atom. The summed E-state index contributed by atoms with van der Waals surface area (Å²) in [5.74, 6) is 0. The second kappa shape index (κ2) is 8.14. The highest BCUT2D eigenvalue weighted by molar-refractivity contribution is 7.99. The predicted octanol–water partition coefficient (Wildman–Crippen LogP) is 2.15. The van der Waals surface area contributed by atoms with Gasteiger partial charge in [0.05, 0.1) is 6.61 Å². The van der Waals surface area contributed by atoms with E-state index in [2.05, 4.69) is 31.2 Å². The molecule has 0 radical (unpaired) electrons. The van der Waals surface area contributed by atoms with Gasteiger partial charge in [0.1, 0.15) is 30.5 Å². The Kier molecular flexibility index (Phi) is 5.78. The number of rotatable bonds is 4. The number of hydrogen-bond donors (Lipinski definition) is 4. The van der Waals surface area contributed by atoms with E-state index in [9.17, 15) is 20.4 Å². The molecule has 5 nitrogen and oxygen atoms in total. The highest BCUT2D eigenvalue weighted by Gasteiger charge is 2.44. The number of thioether (sulfide) groups is 1. The fourth-order valence-electron chi connectivity index (χ4n) is 3.98. The lowest BCUT2D eigenvalue weighted by molar-refractivity contribution is -0.231. The van der Waals surface area contributed by atoms with Gasteiger partial charge in [0.25, 0.3) is 0 Å². The van der Waals surface area contributed by atoms with Crippen LogP contribution >= 0.6 is 11.8 Å². The van der Waals surface area contributed by atoms with Crippen LogP contribution < -0.4 is 0 Å². The summed E-state index contributed by atoms with van der Waals surface area (Å²) in [6.45, 7) is 1.73. The highest BCUT2D eigenvalue weighted by Crippen LogP contribution is 2.47. The molecule has 0 spiro atoms. The van der Waals surface area contributed by atoms with Crippen LogP contribution in [0.25, 0.3) is 0 Å². The van der Waals surface area contributed by atoms with E-state index in [1.165, 1.54) is 21.6 Å². The summed E-state index contributed by atoms with van der Waals surface area (Å²) in [4.78, 5) is 1.21. The van der Waals surface area contributed by atoms with Crippen molar-refractivity contribution in [2.75, 3.05) is 6.61 Å². The molecule has 150 valence electrons. The monoisotopic (exact) mass is 402 g/mol. The van der Waals surface area contributed by atoms with Crippen molar-refractivity contribution >= 4 is 11.8 Å². The molecular weight excluding hydrogens is 376 g/mol. The Bertz CT molecular complexity index is 822. The lowest BCUT2D eigenvalue weighted by Crippen LogP contribution is -2.55. The average Bonchev–Trinajstić information content (AvgIpc) is 3.16. The van der Waals surface area contributed by atoms with Gasteiger partial charge < -0.3 is 25.2 Å². The molecule has 2 aliphatic heterocycles. The number of benzene rings is 2. The molecule has 1 saturated heterocycles. The maximum Gasteiger partial charge on any atom is 0.113 e. The largest absolute Gasteiger partial charge is 0.394 e. The van der Waals surface area contributed by atoms with Gasteiger partial charge in [0.15, 0.2) is 0 Å². The van der Waals surface area contributed by atoms with Crippen LogP contribution in [0, 0.1) is 0 Å². The van der Waals surface area contributed by atoms with Gasteiger partial charge in [-0.3, -0.25) is 0 Å². The van der Waals surface area contributed by atoms with E-state index < -0.39 is 37.1 Å². The summed E-state index contributed by atoms with van der Waals surface area (Å²) < 4.78 is 5.70. The summed E-state index contributed by atoms with van der Waals surface area (Å²) in [5, 5.41) is 40.2. The van der Waals surface area contributed by atoms with E-state index in [0.29, 0.717) is 5.25 Å². The minimum atomic E-state index is -1.36. The second-order valence-electron chi connectivity index (χ2n) is 7.52. The van der Waals surface area contributed by atoms with Crippen molar-refractivity contribution in [2.45, 2.75) is 60.4 Å². The molecule has 2 aliphatic rings. The molecule has 0 bridgehead atoms. The molecule has 2 heterocycles. The van der Waals surface area contributed by atoms with Gasteiger partial charge in [-0.25, -0.2) is 0 Å². The van der Waals surface area contributed by atoms with Crippen molar-refractivity contribution in [1.29, 1.82) is 0 Å². The van der Waals surface area contributed by atoms with Crippen LogP contribution in [0.1, 0.15) is 40.5 Å². The average molecular weight is 403 g/mol. The van der Waals surface area contributed by atoms with Crippen molar-refractivity contribution in [1.82, 2.24) is 0 Å². The van der Waals surface area contributed by atoms with Crippen LogP contribution in [0.4, 0.5) is 0 Å². The minimum Gasteiger partial charge on any atom is -0.394 e. The molecule has 1 fully saturated rings. The molecule has 2 aromatic carbocycles. The zero-order chi connectivity index (χ0) is 19.8. The fourth-order valence-corrected chi connectivity index (χ4v) is 5.28. The van der Waals surface area contributed by atoms with Crippen molar-refractivity contribution in [3.05, 3.63) is 64.7 Å². The Morgan fingerprint density at radius 1 is 0.964 bits per heavy atom. The molecule has 0 aliphatic carbocycles. The summed E-state index contributed by atoms with van der Waals surface area (Å²) in [7, 11) is 0. The lowest BCUT2D eigenvalue weighted by atomic mass is 9.90. The molecule has 0 saturated carbocycles. The molecule has 0 amide bonds. The smallest absolute Gasteiger partial charge is 0.113 e. The molecule has 0 aromatic heterocycles. The maximum absolute atomic E-state index is 10.4. The first-order chi connectivity index (χ1) is 13.5. The zero-order valence-electron chi connectivity index (χ0n) is 15.7. The molecule has 6 atom stereocenters. The van der Waals surface area contributed by atoms with E-state index >= 15 is 0 Å². The topological polar surface area (TPSA) is 90.2 Å². The van der Waals surface area contributed by atoms with Crippen LogP contribution in [0.3, 0.4) is 0 Å². The van der Waals surface area contributed by atoms with E-state index in [-0.39, 0.29) is 0 Å². The van der Waals surface area contributed by atoms with Gasteiger partial charge in [-0.05, 0) is 41.2 Å². The maximum atomic E-state index is 10.4. The summed E-state index contributed by atoms with van der Waals surface area (Å²) >= 11 is 1.83.